The lowest BCUT2D eigenvalue weighted by Crippen LogP contribution is -2.23. The number of methoxy groups -OCH3 is 1. The van der Waals surface area contributed by atoms with Crippen molar-refractivity contribution in [2.24, 2.45) is 5.73 Å². The van der Waals surface area contributed by atoms with E-state index in [0.717, 1.165) is 16.6 Å². The summed E-state index contributed by atoms with van der Waals surface area (Å²) in [5.74, 6) is 0.919. The number of hydrogen-bond acceptors (Lipinski definition) is 2. The van der Waals surface area contributed by atoms with Gasteiger partial charge in [-0.1, -0.05) is 35.8 Å². The molecule has 1 aromatic carbocycles. The molecule has 0 aromatic heterocycles. The Morgan fingerprint density at radius 2 is 2.07 bits per heavy atom. The molecule has 3 heteroatoms. The van der Waals surface area contributed by atoms with Gasteiger partial charge in [-0.05, 0) is 30.5 Å². The lowest BCUT2D eigenvalue weighted by molar-refractivity contribution is 0.385. The molecule has 0 aliphatic rings. The Hall–Kier alpha value is -0.540. The normalized spacial score (nSPS) is 11.5. The van der Waals surface area contributed by atoms with Crippen LogP contribution >= 0.6 is 15.9 Å². The fraction of sp³-hybridized carbons (Fsp3) is 0.500. The SMILES string of the molecule is COc1cccc(Br)c1C(C)(C)CCN. The maximum absolute atomic E-state index is 5.64. The van der Waals surface area contributed by atoms with Crippen LogP contribution in [0.3, 0.4) is 0 Å². The predicted octanol–water partition coefficient (Wildman–Crippen LogP) is 3.08. The van der Waals surface area contributed by atoms with Crippen LogP contribution in [0.2, 0.25) is 0 Å². The molecule has 0 saturated carbocycles. The molecule has 0 atom stereocenters. The van der Waals surface area contributed by atoms with Crippen molar-refractivity contribution < 1.29 is 4.74 Å². The van der Waals surface area contributed by atoms with Crippen molar-refractivity contribution in [1.29, 1.82) is 0 Å². The fourth-order valence-corrected chi connectivity index (χ4v) is 2.70. The van der Waals surface area contributed by atoms with E-state index in [9.17, 15) is 0 Å². The quantitative estimate of drug-likeness (QED) is 0.914. The molecule has 1 aromatic rings. The minimum absolute atomic E-state index is 0.0280. The molecule has 0 amide bonds. The number of benzene rings is 1. The molecule has 0 aliphatic carbocycles. The second-order valence-electron chi connectivity index (χ2n) is 4.24. The van der Waals surface area contributed by atoms with Gasteiger partial charge in [-0.15, -0.1) is 0 Å². The number of halogens is 1. The van der Waals surface area contributed by atoms with Crippen LogP contribution in [0.25, 0.3) is 0 Å². The summed E-state index contributed by atoms with van der Waals surface area (Å²) in [6.45, 7) is 5.04. The highest BCUT2D eigenvalue weighted by Gasteiger charge is 2.25. The van der Waals surface area contributed by atoms with Gasteiger partial charge in [-0.3, -0.25) is 0 Å². The Balaban J connectivity index is 3.21. The summed E-state index contributed by atoms with van der Waals surface area (Å²) >= 11 is 3.57. The molecular weight excluding hydrogens is 254 g/mol. The highest BCUT2D eigenvalue weighted by atomic mass is 79.9. The number of ether oxygens (including phenoxy) is 1. The van der Waals surface area contributed by atoms with E-state index < -0.39 is 0 Å². The van der Waals surface area contributed by atoms with Crippen LogP contribution < -0.4 is 10.5 Å². The zero-order valence-electron chi connectivity index (χ0n) is 9.51. The topological polar surface area (TPSA) is 35.2 Å². The van der Waals surface area contributed by atoms with Gasteiger partial charge in [0.1, 0.15) is 5.75 Å². The molecule has 0 bridgehead atoms. The summed E-state index contributed by atoms with van der Waals surface area (Å²) in [5.41, 5.74) is 6.86. The fourth-order valence-electron chi connectivity index (χ4n) is 1.82. The average molecular weight is 272 g/mol. The van der Waals surface area contributed by atoms with Crippen molar-refractivity contribution in [3.63, 3.8) is 0 Å². The first-order chi connectivity index (χ1) is 7.03. The van der Waals surface area contributed by atoms with Gasteiger partial charge in [0, 0.05) is 10.0 Å². The van der Waals surface area contributed by atoms with Crippen LogP contribution in [-0.4, -0.2) is 13.7 Å². The molecule has 2 N–H and O–H groups in total. The van der Waals surface area contributed by atoms with E-state index >= 15 is 0 Å². The molecule has 0 fully saturated rings. The Morgan fingerprint density at radius 1 is 1.40 bits per heavy atom. The van der Waals surface area contributed by atoms with Gasteiger partial charge in [0.15, 0.2) is 0 Å². The molecule has 0 saturated heterocycles. The number of hydrogen-bond donors (Lipinski definition) is 1. The van der Waals surface area contributed by atoms with Gasteiger partial charge < -0.3 is 10.5 Å². The number of rotatable bonds is 4. The summed E-state index contributed by atoms with van der Waals surface area (Å²) in [6.07, 6.45) is 0.936. The molecule has 2 nitrogen and oxygen atoms in total. The first-order valence-electron chi connectivity index (χ1n) is 5.06. The van der Waals surface area contributed by atoms with Gasteiger partial charge in [0.05, 0.1) is 7.11 Å². The van der Waals surface area contributed by atoms with Crippen molar-refractivity contribution in [1.82, 2.24) is 0 Å². The summed E-state index contributed by atoms with van der Waals surface area (Å²) in [5, 5.41) is 0. The molecule has 0 heterocycles. The van der Waals surface area contributed by atoms with Crippen LogP contribution in [0.5, 0.6) is 5.75 Å². The minimum Gasteiger partial charge on any atom is -0.496 e. The highest BCUT2D eigenvalue weighted by molar-refractivity contribution is 9.10. The van der Waals surface area contributed by atoms with Gasteiger partial charge in [0.2, 0.25) is 0 Å². The summed E-state index contributed by atoms with van der Waals surface area (Å²) in [7, 11) is 1.70. The van der Waals surface area contributed by atoms with Crippen molar-refractivity contribution in [2.45, 2.75) is 25.7 Å². The maximum atomic E-state index is 5.64. The van der Waals surface area contributed by atoms with E-state index in [-0.39, 0.29) is 5.41 Å². The Bertz CT molecular complexity index is 336. The lowest BCUT2D eigenvalue weighted by atomic mass is 9.81. The van der Waals surface area contributed by atoms with Gasteiger partial charge in [0.25, 0.3) is 0 Å². The predicted molar refractivity (Wildman–Crippen MR) is 67.4 cm³/mol. The van der Waals surface area contributed by atoms with Crippen LogP contribution in [0, 0.1) is 0 Å². The summed E-state index contributed by atoms with van der Waals surface area (Å²) in [4.78, 5) is 0. The lowest BCUT2D eigenvalue weighted by Gasteiger charge is -2.27. The van der Waals surface area contributed by atoms with Crippen LogP contribution in [0.4, 0.5) is 0 Å². The van der Waals surface area contributed by atoms with E-state index in [2.05, 4.69) is 29.8 Å². The molecule has 0 radical (unpaired) electrons. The Morgan fingerprint density at radius 3 is 2.60 bits per heavy atom. The Labute approximate surface area is 99.9 Å². The van der Waals surface area contributed by atoms with Gasteiger partial charge in [-0.25, -0.2) is 0 Å². The zero-order valence-corrected chi connectivity index (χ0v) is 11.1. The van der Waals surface area contributed by atoms with E-state index in [1.165, 1.54) is 5.56 Å². The van der Waals surface area contributed by atoms with Crippen LogP contribution in [0.15, 0.2) is 22.7 Å². The average Bonchev–Trinajstić information content (AvgIpc) is 2.16. The third kappa shape index (κ3) is 2.73. The molecule has 0 unspecified atom stereocenters. The highest BCUT2D eigenvalue weighted by Crippen LogP contribution is 2.38. The molecule has 0 aliphatic heterocycles. The van der Waals surface area contributed by atoms with Crippen molar-refractivity contribution in [2.75, 3.05) is 13.7 Å². The molecular formula is C12H18BrNO. The second-order valence-corrected chi connectivity index (χ2v) is 5.09. The Kier molecular flexibility index (Phi) is 4.17. The van der Waals surface area contributed by atoms with E-state index in [1.54, 1.807) is 7.11 Å². The summed E-state index contributed by atoms with van der Waals surface area (Å²) in [6, 6.07) is 6.00. The monoisotopic (exact) mass is 271 g/mol. The number of nitrogens with two attached hydrogens (primary N) is 1. The summed E-state index contributed by atoms with van der Waals surface area (Å²) < 4.78 is 6.47. The minimum atomic E-state index is 0.0280. The van der Waals surface area contributed by atoms with Crippen molar-refractivity contribution in [3.05, 3.63) is 28.2 Å². The first-order valence-corrected chi connectivity index (χ1v) is 5.85. The molecule has 15 heavy (non-hydrogen) atoms. The maximum Gasteiger partial charge on any atom is 0.123 e. The van der Waals surface area contributed by atoms with Gasteiger partial charge >= 0.3 is 0 Å². The second kappa shape index (κ2) is 4.99. The first kappa shape index (κ1) is 12.5. The van der Waals surface area contributed by atoms with E-state index in [1.807, 2.05) is 18.2 Å². The van der Waals surface area contributed by atoms with E-state index in [4.69, 9.17) is 10.5 Å². The standard InChI is InChI=1S/C12H18BrNO/c1-12(2,7-8-14)11-9(13)5-4-6-10(11)15-3/h4-6H,7-8,14H2,1-3H3. The van der Waals surface area contributed by atoms with Crippen LogP contribution in [-0.2, 0) is 5.41 Å². The molecule has 1 rings (SSSR count). The molecule has 84 valence electrons. The van der Waals surface area contributed by atoms with Crippen LogP contribution in [0.1, 0.15) is 25.8 Å². The zero-order chi connectivity index (χ0) is 11.5. The van der Waals surface area contributed by atoms with Crippen molar-refractivity contribution >= 4 is 15.9 Å². The molecule has 0 spiro atoms. The third-order valence-corrected chi connectivity index (χ3v) is 3.30. The van der Waals surface area contributed by atoms with Crippen molar-refractivity contribution in [3.8, 4) is 5.75 Å². The smallest absolute Gasteiger partial charge is 0.123 e. The largest absolute Gasteiger partial charge is 0.496 e. The van der Waals surface area contributed by atoms with E-state index in [0.29, 0.717) is 6.54 Å². The third-order valence-electron chi connectivity index (χ3n) is 2.64. The van der Waals surface area contributed by atoms with Gasteiger partial charge in [-0.2, -0.15) is 0 Å².